The standard InChI is InChI=1S/C14H21N/c1-10(2)6-14-8-12-5-4-11(3)7-13(12)9-15-14/h4-5,7,10,14-15H,6,8-9H2,1-3H3. The van der Waals surface area contributed by atoms with E-state index in [0.717, 1.165) is 12.5 Å². The van der Waals surface area contributed by atoms with Crippen molar-refractivity contribution in [3.63, 3.8) is 0 Å². The van der Waals surface area contributed by atoms with E-state index in [4.69, 9.17) is 0 Å². The summed E-state index contributed by atoms with van der Waals surface area (Å²) in [6.07, 6.45) is 2.49. The Hall–Kier alpha value is -0.820. The molecule has 0 amide bonds. The van der Waals surface area contributed by atoms with E-state index < -0.39 is 0 Å². The van der Waals surface area contributed by atoms with Crippen molar-refractivity contribution < 1.29 is 0 Å². The number of fused-ring (bicyclic) bond motifs is 1. The first-order valence-corrected chi connectivity index (χ1v) is 5.97. The minimum atomic E-state index is 0.681. The first-order valence-electron chi connectivity index (χ1n) is 5.97. The molecule has 0 radical (unpaired) electrons. The maximum absolute atomic E-state index is 3.63. The number of nitrogens with one attached hydrogen (secondary N) is 1. The van der Waals surface area contributed by atoms with E-state index in [-0.39, 0.29) is 0 Å². The summed E-state index contributed by atoms with van der Waals surface area (Å²) in [7, 11) is 0. The molecular formula is C14H21N. The van der Waals surface area contributed by atoms with Crippen LogP contribution in [0.25, 0.3) is 0 Å². The minimum absolute atomic E-state index is 0.681. The first-order chi connectivity index (χ1) is 7.15. The fraction of sp³-hybridized carbons (Fsp3) is 0.571. The van der Waals surface area contributed by atoms with Crippen LogP contribution in [-0.4, -0.2) is 6.04 Å². The second-order valence-corrected chi connectivity index (χ2v) is 5.18. The zero-order valence-electron chi connectivity index (χ0n) is 10.0. The van der Waals surface area contributed by atoms with Crippen LogP contribution in [0.3, 0.4) is 0 Å². The molecule has 82 valence electrons. The molecule has 0 fully saturated rings. The van der Waals surface area contributed by atoms with Gasteiger partial charge in [-0.15, -0.1) is 0 Å². The second kappa shape index (κ2) is 4.36. The van der Waals surface area contributed by atoms with Crippen LogP contribution in [0.5, 0.6) is 0 Å². The summed E-state index contributed by atoms with van der Waals surface area (Å²) in [5.74, 6) is 0.787. The molecule has 0 spiro atoms. The van der Waals surface area contributed by atoms with Gasteiger partial charge in [-0.25, -0.2) is 0 Å². The Bertz CT molecular complexity index is 341. The molecule has 1 nitrogen and oxygen atoms in total. The number of hydrogen-bond donors (Lipinski definition) is 1. The molecule has 15 heavy (non-hydrogen) atoms. The summed E-state index contributed by atoms with van der Waals surface area (Å²) in [6.45, 7) is 7.81. The third-order valence-electron chi connectivity index (χ3n) is 3.17. The Morgan fingerprint density at radius 3 is 2.87 bits per heavy atom. The quantitative estimate of drug-likeness (QED) is 0.779. The van der Waals surface area contributed by atoms with Crippen LogP contribution in [-0.2, 0) is 13.0 Å². The van der Waals surface area contributed by atoms with Gasteiger partial charge in [0.1, 0.15) is 0 Å². The van der Waals surface area contributed by atoms with Gasteiger partial charge >= 0.3 is 0 Å². The van der Waals surface area contributed by atoms with Crippen molar-refractivity contribution in [2.75, 3.05) is 0 Å². The highest BCUT2D eigenvalue weighted by Gasteiger charge is 2.18. The highest BCUT2D eigenvalue weighted by Crippen LogP contribution is 2.21. The van der Waals surface area contributed by atoms with Crippen molar-refractivity contribution in [3.05, 3.63) is 34.9 Å². The van der Waals surface area contributed by atoms with E-state index in [9.17, 15) is 0 Å². The normalized spacial score (nSPS) is 20.4. The van der Waals surface area contributed by atoms with E-state index in [1.54, 1.807) is 5.56 Å². The molecule has 1 heteroatoms. The van der Waals surface area contributed by atoms with Crippen LogP contribution in [0.1, 0.15) is 37.0 Å². The van der Waals surface area contributed by atoms with Crippen LogP contribution in [0.15, 0.2) is 18.2 Å². The third kappa shape index (κ3) is 2.60. The molecule has 0 bridgehead atoms. The Kier molecular flexibility index (Phi) is 3.11. The molecule has 0 aromatic heterocycles. The summed E-state index contributed by atoms with van der Waals surface area (Å²) < 4.78 is 0. The summed E-state index contributed by atoms with van der Waals surface area (Å²) in [6, 6.07) is 7.53. The lowest BCUT2D eigenvalue weighted by Crippen LogP contribution is -2.36. The molecule has 0 saturated heterocycles. The number of benzene rings is 1. The van der Waals surface area contributed by atoms with Crippen molar-refractivity contribution in [2.45, 2.75) is 46.2 Å². The molecule has 1 atom stereocenters. The topological polar surface area (TPSA) is 12.0 Å². The third-order valence-corrected chi connectivity index (χ3v) is 3.17. The lowest BCUT2D eigenvalue weighted by molar-refractivity contribution is 0.398. The van der Waals surface area contributed by atoms with Crippen molar-refractivity contribution >= 4 is 0 Å². The van der Waals surface area contributed by atoms with Gasteiger partial charge in [-0.1, -0.05) is 37.6 Å². The maximum atomic E-state index is 3.63. The summed E-state index contributed by atoms with van der Waals surface area (Å²) in [5, 5.41) is 3.63. The SMILES string of the molecule is Cc1ccc2c(c1)CNC(CC(C)C)C2. The zero-order valence-corrected chi connectivity index (χ0v) is 10.0. The average molecular weight is 203 g/mol. The van der Waals surface area contributed by atoms with Gasteiger partial charge in [-0.05, 0) is 36.8 Å². The van der Waals surface area contributed by atoms with E-state index in [2.05, 4.69) is 44.3 Å². The van der Waals surface area contributed by atoms with Gasteiger partial charge in [-0.2, -0.15) is 0 Å². The molecule has 1 aliphatic heterocycles. The number of rotatable bonds is 2. The smallest absolute Gasteiger partial charge is 0.0211 e. The van der Waals surface area contributed by atoms with Crippen LogP contribution in [0, 0.1) is 12.8 Å². The largest absolute Gasteiger partial charge is 0.310 e. The predicted octanol–water partition coefficient (Wildman–Crippen LogP) is 3.06. The monoisotopic (exact) mass is 203 g/mol. The predicted molar refractivity (Wildman–Crippen MR) is 65.0 cm³/mol. The molecule has 2 rings (SSSR count). The van der Waals surface area contributed by atoms with E-state index in [1.165, 1.54) is 24.0 Å². The van der Waals surface area contributed by atoms with Crippen LogP contribution < -0.4 is 5.32 Å². The maximum Gasteiger partial charge on any atom is 0.0211 e. The van der Waals surface area contributed by atoms with Crippen molar-refractivity contribution in [1.29, 1.82) is 0 Å². The van der Waals surface area contributed by atoms with Crippen LogP contribution in [0.2, 0.25) is 0 Å². The Morgan fingerprint density at radius 1 is 1.33 bits per heavy atom. The van der Waals surface area contributed by atoms with E-state index in [1.807, 2.05) is 0 Å². The Balaban J connectivity index is 2.10. The molecule has 1 unspecified atom stereocenters. The Morgan fingerprint density at radius 2 is 2.13 bits per heavy atom. The lowest BCUT2D eigenvalue weighted by Gasteiger charge is -2.27. The Labute approximate surface area is 92.9 Å². The second-order valence-electron chi connectivity index (χ2n) is 5.18. The van der Waals surface area contributed by atoms with Crippen LogP contribution >= 0.6 is 0 Å². The summed E-state index contributed by atoms with van der Waals surface area (Å²) >= 11 is 0. The number of aryl methyl sites for hydroxylation is 1. The van der Waals surface area contributed by atoms with Gasteiger partial charge in [0.2, 0.25) is 0 Å². The van der Waals surface area contributed by atoms with E-state index in [0.29, 0.717) is 6.04 Å². The van der Waals surface area contributed by atoms with Crippen molar-refractivity contribution in [1.82, 2.24) is 5.32 Å². The summed E-state index contributed by atoms with van der Waals surface area (Å²) in [4.78, 5) is 0. The molecule has 1 aromatic rings. The van der Waals surface area contributed by atoms with Gasteiger partial charge in [0.05, 0.1) is 0 Å². The highest BCUT2D eigenvalue weighted by molar-refractivity contribution is 5.33. The fourth-order valence-electron chi connectivity index (χ4n) is 2.45. The van der Waals surface area contributed by atoms with Gasteiger partial charge in [0.25, 0.3) is 0 Å². The molecule has 1 heterocycles. The zero-order chi connectivity index (χ0) is 10.8. The molecular weight excluding hydrogens is 182 g/mol. The van der Waals surface area contributed by atoms with Gasteiger partial charge in [0.15, 0.2) is 0 Å². The van der Waals surface area contributed by atoms with Gasteiger partial charge in [0, 0.05) is 12.6 Å². The van der Waals surface area contributed by atoms with Crippen molar-refractivity contribution in [2.24, 2.45) is 5.92 Å². The number of hydrogen-bond acceptors (Lipinski definition) is 1. The van der Waals surface area contributed by atoms with E-state index >= 15 is 0 Å². The molecule has 0 aliphatic carbocycles. The fourth-order valence-corrected chi connectivity index (χ4v) is 2.45. The van der Waals surface area contributed by atoms with Crippen molar-refractivity contribution in [3.8, 4) is 0 Å². The van der Waals surface area contributed by atoms with Gasteiger partial charge < -0.3 is 5.32 Å². The lowest BCUT2D eigenvalue weighted by atomic mass is 9.90. The minimum Gasteiger partial charge on any atom is -0.310 e. The summed E-state index contributed by atoms with van der Waals surface area (Å²) in [5.41, 5.74) is 4.41. The molecule has 0 saturated carbocycles. The average Bonchev–Trinajstić information content (AvgIpc) is 2.17. The van der Waals surface area contributed by atoms with Crippen LogP contribution in [0.4, 0.5) is 0 Å². The highest BCUT2D eigenvalue weighted by atomic mass is 14.9. The molecule has 1 aromatic carbocycles. The first kappa shape index (κ1) is 10.7. The molecule has 1 aliphatic rings. The molecule has 1 N–H and O–H groups in total. The van der Waals surface area contributed by atoms with Gasteiger partial charge in [-0.3, -0.25) is 0 Å².